The average molecular weight is 620 g/mol. The van der Waals surface area contributed by atoms with Gasteiger partial charge in [-0.05, 0) is 70.0 Å². The van der Waals surface area contributed by atoms with Gasteiger partial charge in [0, 0.05) is 42.1 Å². The zero-order chi connectivity index (χ0) is 32.1. The molecule has 5 rings (SSSR count). The van der Waals surface area contributed by atoms with Gasteiger partial charge in [0.1, 0.15) is 19.3 Å². The molecule has 3 heterocycles. The molecule has 45 heavy (non-hydrogen) atoms. The number of esters is 2. The number of nitrogens with zero attached hydrogens (tertiary/aromatic N) is 2. The first-order valence-electron chi connectivity index (χ1n) is 15.0. The molecule has 2 aromatic rings. The zero-order valence-corrected chi connectivity index (χ0v) is 25.6. The van der Waals surface area contributed by atoms with Crippen molar-refractivity contribution < 1.29 is 38.3 Å². The number of ether oxygens (including phenoxy) is 4. The summed E-state index contributed by atoms with van der Waals surface area (Å²) in [5, 5.41) is 14.6. The number of rotatable bonds is 10. The number of allylic oxidation sites excluding steroid dienone is 2. The van der Waals surface area contributed by atoms with E-state index in [-0.39, 0.29) is 22.6 Å². The number of non-ortho nitro benzene ring substituents is 1. The first-order valence-corrected chi connectivity index (χ1v) is 15.0. The number of likely N-dealkylation sites (tertiary alicyclic amines) is 1. The van der Waals surface area contributed by atoms with Crippen molar-refractivity contribution in [2.45, 2.75) is 51.6 Å². The molecule has 3 aliphatic rings. The molecule has 3 aliphatic heterocycles. The van der Waals surface area contributed by atoms with Crippen LogP contribution in [0.3, 0.4) is 0 Å². The Morgan fingerprint density at radius 2 is 1.76 bits per heavy atom. The molecule has 1 fully saturated rings. The molecule has 1 N–H and O–H groups in total. The number of fused-ring (bicyclic) bond motifs is 1. The molecule has 0 unspecified atom stereocenters. The summed E-state index contributed by atoms with van der Waals surface area (Å²) in [7, 11) is 1.25. The molecular formula is C33H37N3O9. The van der Waals surface area contributed by atoms with E-state index in [2.05, 4.69) is 10.2 Å². The number of nitro benzene ring substituents is 1. The Morgan fingerprint density at radius 1 is 1.02 bits per heavy atom. The van der Waals surface area contributed by atoms with Crippen molar-refractivity contribution in [3.05, 3.63) is 86.2 Å². The van der Waals surface area contributed by atoms with E-state index in [1.54, 1.807) is 38.1 Å². The van der Waals surface area contributed by atoms with Gasteiger partial charge in [0.25, 0.3) is 5.69 Å². The van der Waals surface area contributed by atoms with Crippen LogP contribution in [-0.2, 0) is 19.1 Å². The highest BCUT2D eigenvalue weighted by molar-refractivity contribution is 6.00. The molecule has 12 heteroatoms. The number of nitrogens with one attached hydrogen (secondary N) is 1. The molecule has 0 radical (unpaired) electrons. The Kier molecular flexibility index (Phi) is 9.82. The Hall–Kier alpha value is -4.71. The van der Waals surface area contributed by atoms with E-state index >= 15 is 0 Å². The topological polar surface area (TPSA) is 147 Å². The van der Waals surface area contributed by atoms with Crippen LogP contribution in [0.15, 0.2) is 65.0 Å². The maximum atomic E-state index is 13.8. The summed E-state index contributed by atoms with van der Waals surface area (Å²) >= 11 is 0. The molecular weight excluding hydrogens is 582 g/mol. The Labute approximate surface area is 261 Å². The predicted molar refractivity (Wildman–Crippen MR) is 163 cm³/mol. The molecule has 0 saturated carbocycles. The van der Waals surface area contributed by atoms with Crippen LogP contribution in [0.25, 0.3) is 0 Å². The van der Waals surface area contributed by atoms with Gasteiger partial charge < -0.3 is 24.3 Å². The lowest BCUT2D eigenvalue weighted by atomic mass is 9.80. The average Bonchev–Trinajstić information content (AvgIpc) is 3.04. The third-order valence-corrected chi connectivity index (χ3v) is 8.28. The molecule has 0 aromatic heterocycles. The van der Waals surface area contributed by atoms with Gasteiger partial charge in [-0.2, -0.15) is 0 Å². The van der Waals surface area contributed by atoms with Crippen LogP contribution < -0.4 is 14.8 Å². The van der Waals surface area contributed by atoms with Crippen molar-refractivity contribution in [1.82, 2.24) is 10.2 Å². The summed E-state index contributed by atoms with van der Waals surface area (Å²) in [6.45, 7) is 6.34. The maximum Gasteiger partial charge on any atom is 0.337 e. The van der Waals surface area contributed by atoms with Crippen LogP contribution in [0.4, 0.5) is 5.69 Å². The monoisotopic (exact) mass is 619 g/mol. The molecule has 2 atom stereocenters. The number of nitro groups is 1. The zero-order valence-electron chi connectivity index (χ0n) is 25.6. The molecule has 0 spiro atoms. The second-order valence-corrected chi connectivity index (χ2v) is 11.3. The second-order valence-electron chi connectivity index (χ2n) is 11.3. The van der Waals surface area contributed by atoms with Crippen LogP contribution in [0.1, 0.15) is 61.4 Å². The van der Waals surface area contributed by atoms with Crippen LogP contribution in [0, 0.1) is 10.1 Å². The van der Waals surface area contributed by atoms with E-state index in [1.807, 2.05) is 0 Å². The molecule has 0 bridgehead atoms. The van der Waals surface area contributed by atoms with Crippen molar-refractivity contribution >= 4 is 23.4 Å². The van der Waals surface area contributed by atoms with E-state index in [1.165, 1.54) is 25.3 Å². The lowest BCUT2D eigenvalue weighted by molar-refractivity contribution is -0.384. The van der Waals surface area contributed by atoms with Gasteiger partial charge in [-0.25, -0.2) is 9.59 Å². The van der Waals surface area contributed by atoms with Crippen molar-refractivity contribution in [3.63, 3.8) is 0 Å². The van der Waals surface area contributed by atoms with Gasteiger partial charge in [-0.15, -0.1) is 0 Å². The standard InChI is InChI=1S/C33H37N3O9/c1-20-29(32(38)42-3)31(23-7-4-8-24(17-23)36(40)41)30(21(2)34-20)33(39)45-25-9-5-13-35(19-25)14-6-10-26(37)22-11-12-27-28(18-22)44-16-15-43-27/h4,7-8,11-12,17-18,25,31,34H,5-6,9-10,13-16,19H2,1-3H3/t25-,31-/m0/s1. The van der Waals surface area contributed by atoms with Gasteiger partial charge in [-0.1, -0.05) is 12.1 Å². The van der Waals surface area contributed by atoms with E-state index in [9.17, 15) is 24.5 Å². The number of benzene rings is 2. The smallest absolute Gasteiger partial charge is 0.337 e. The molecule has 12 nitrogen and oxygen atoms in total. The minimum absolute atomic E-state index is 0.0242. The van der Waals surface area contributed by atoms with Crippen molar-refractivity contribution in [1.29, 1.82) is 0 Å². The lowest BCUT2D eigenvalue weighted by Crippen LogP contribution is -2.42. The number of hydrogen-bond donors (Lipinski definition) is 1. The van der Waals surface area contributed by atoms with Gasteiger partial charge in [0.15, 0.2) is 17.3 Å². The van der Waals surface area contributed by atoms with E-state index in [0.29, 0.717) is 79.6 Å². The van der Waals surface area contributed by atoms with E-state index in [0.717, 1.165) is 13.0 Å². The van der Waals surface area contributed by atoms with Crippen molar-refractivity contribution in [3.8, 4) is 11.5 Å². The van der Waals surface area contributed by atoms with E-state index in [4.69, 9.17) is 18.9 Å². The summed E-state index contributed by atoms with van der Waals surface area (Å²) in [5.41, 5.74) is 2.20. The highest BCUT2D eigenvalue weighted by Crippen LogP contribution is 2.40. The van der Waals surface area contributed by atoms with E-state index < -0.39 is 28.9 Å². The number of dihydropyridines is 1. The number of methoxy groups -OCH3 is 1. The minimum Gasteiger partial charge on any atom is -0.486 e. The largest absolute Gasteiger partial charge is 0.486 e. The predicted octanol–water partition coefficient (Wildman–Crippen LogP) is 4.44. The van der Waals surface area contributed by atoms with Crippen LogP contribution in [-0.4, -0.2) is 73.6 Å². The van der Waals surface area contributed by atoms with Crippen LogP contribution in [0.5, 0.6) is 11.5 Å². The molecule has 2 aromatic carbocycles. The highest BCUT2D eigenvalue weighted by Gasteiger charge is 2.39. The number of carbonyl (C=O) groups excluding carboxylic acids is 3. The fraction of sp³-hybridized carbons (Fsp3) is 0.424. The number of hydrogen-bond acceptors (Lipinski definition) is 11. The minimum atomic E-state index is -0.919. The summed E-state index contributed by atoms with van der Waals surface area (Å²) in [4.78, 5) is 52.8. The van der Waals surface area contributed by atoms with Crippen LogP contribution >= 0.6 is 0 Å². The summed E-state index contributed by atoms with van der Waals surface area (Å²) in [6.07, 6.45) is 2.08. The Balaban J connectivity index is 1.24. The third-order valence-electron chi connectivity index (χ3n) is 8.28. The van der Waals surface area contributed by atoms with Gasteiger partial charge in [0.05, 0.1) is 29.1 Å². The maximum absolute atomic E-state index is 13.8. The highest BCUT2D eigenvalue weighted by atomic mass is 16.6. The van der Waals surface area contributed by atoms with Gasteiger partial charge in [-0.3, -0.25) is 19.8 Å². The Bertz CT molecular complexity index is 1560. The number of Topliss-reactive ketones (excluding diaryl/α,β-unsaturated/α-hetero) is 1. The fourth-order valence-electron chi connectivity index (χ4n) is 6.15. The molecule has 0 amide bonds. The fourth-order valence-corrected chi connectivity index (χ4v) is 6.15. The molecule has 238 valence electrons. The molecule has 0 aliphatic carbocycles. The summed E-state index contributed by atoms with van der Waals surface area (Å²) in [6, 6.07) is 11.1. The lowest BCUT2D eigenvalue weighted by Gasteiger charge is -2.34. The van der Waals surface area contributed by atoms with Crippen molar-refractivity contribution in [2.24, 2.45) is 0 Å². The second kappa shape index (κ2) is 13.9. The van der Waals surface area contributed by atoms with Gasteiger partial charge in [0.2, 0.25) is 0 Å². The summed E-state index contributed by atoms with van der Waals surface area (Å²) < 4.78 is 22.2. The first-order chi connectivity index (χ1) is 21.7. The Morgan fingerprint density at radius 3 is 2.49 bits per heavy atom. The number of piperidine rings is 1. The van der Waals surface area contributed by atoms with Gasteiger partial charge >= 0.3 is 11.9 Å². The summed E-state index contributed by atoms with van der Waals surface area (Å²) in [5.74, 6) is -0.919. The number of ketones is 1. The quantitative estimate of drug-likeness (QED) is 0.174. The SMILES string of the molecule is COC(=O)C1=C(C)NC(C)=C(C(=O)O[C@H]2CCCN(CCCC(=O)c3ccc4c(c3)OCCO4)C2)[C@H]1c1cccc([N+](=O)[O-])c1. The van der Waals surface area contributed by atoms with Crippen molar-refractivity contribution in [2.75, 3.05) is 40.0 Å². The van der Waals surface area contributed by atoms with Crippen LogP contribution in [0.2, 0.25) is 0 Å². The first kappa shape index (κ1) is 31.7. The normalized spacial score (nSPS) is 19.9. The number of carbonyl (C=O) groups is 3. The third kappa shape index (κ3) is 7.17. The molecule has 1 saturated heterocycles.